The van der Waals surface area contributed by atoms with Gasteiger partial charge in [-0.25, -0.2) is 4.98 Å². The maximum Gasteiger partial charge on any atom is 0.402 e. The van der Waals surface area contributed by atoms with Gasteiger partial charge in [-0.3, -0.25) is 14.4 Å². The molecule has 190 valence electrons. The molecule has 3 aromatic rings. The molecule has 2 aromatic carbocycles. The number of aromatic nitrogens is 2. The zero-order valence-electron chi connectivity index (χ0n) is 20.0. The lowest BCUT2D eigenvalue weighted by atomic mass is 9.91. The van der Waals surface area contributed by atoms with Crippen molar-refractivity contribution in [2.75, 3.05) is 14.1 Å². The Labute approximate surface area is 210 Å². The molecule has 11 heteroatoms. The van der Waals surface area contributed by atoms with Crippen LogP contribution in [0.15, 0.2) is 53.3 Å². The fraction of sp³-hybridized carbons (Fsp3) is 0.280. The largest absolute Gasteiger partial charge is 0.402 e. The first-order valence-electron chi connectivity index (χ1n) is 10.8. The summed E-state index contributed by atoms with van der Waals surface area (Å²) in [6.07, 6.45) is -4.71. The van der Waals surface area contributed by atoms with Crippen LogP contribution in [0.4, 0.5) is 13.2 Å². The monoisotopic (exact) mass is 520 g/mol. The summed E-state index contributed by atoms with van der Waals surface area (Å²) in [6.45, 7) is 1.40. The standard InChI is InChI=1S/C25H24ClF3N4O3/c1-24(2,25(27,28)29)23(36)30-13-14-9-10-18(26)17(11-14)21-31-19(12-20(34)32-21)15-7-5-6-8-16(15)22(35)33(3)4/h5-12H,13H2,1-4H3,(H,30,36)(H,31,32,34). The Morgan fingerprint density at radius 3 is 2.36 bits per heavy atom. The number of benzene rings is 2. The van der Waals surface area contributed by atoms with E-state index in [-0.39, 0.29) is 29.0 Å². The summed E-state index contributed by atoms with van der Waals surface area (Å²) in [5.41, 5.74) is -1.30. The summed E-state index contributed by atoms with van der Waals surface area (Å²) in [5, 5.41) is 2.51. The summed E-state index contributed by atoms with van der Waals surface area (Å²) in [6, 6.07) is 12.5. The maximum absolute atomic E-state index is 13.1. The normalized spacial score (nSPS) is 11.8. The molecule has 0 fully saturated rings. The van der Waals surface area contributed by atoms with Crippen LogP contribution in [0.25, 0.3) is 22.6 Å². The maximum atomic E-state index is 13.1. The van der Waals surface area contributed by atoms with Gasteiger partial charge in [0.25, 0.3) is 11.5 Å². The number of rotatable bonds is 6. The lowest BCUT2D eigenvalue weighted by Crippen LogP contribution is -2.46. The molecule has 0 atom stereocenters. The third kappa shape index (κ3) is 5.59. The number of nitrogens with zero attached hydrogens (tertiary/aromatic N) is 2. The molecule has 7 nitrogen and oxygen atoms in total. The molecule has 0 aliphatic heterocycles. The number of H-pyrrole nitrogens is 1. The van der Waals surface area contributed by atoms with E-state index >= 15 is 0 Å². The van der Waals surface area contributed by atoms with E-state index in [1.54, 1.807) is 44.4 Å². The van der Waals surface area contributed by atoms with E-state index < -0.39 is 23.1 Å². The molecule has 0 bridgehead atoms. The quantitative estimate of drug-likeness (QED) is 0.494. The predicted molar refractivity (Wildman–Crippen MR) is 130 cm³/mol. The molecule has 36 heavy (non-hydrogen) atoms. The Kier molecular flexibility index (Phi) is 7.59. The van der Waals surface area contributed by atoms with Crippen LogP contribution in [-0.2, 0) is 11.3 Å². The second-order valence-corrected chi connectivity index (χ2v) is 9.25. The Bertz CT molecular complexity index is 1370. The number of aromatic amines is 1. The molecule has 0 radical (unpaired) electrons. The van der Waals surface area contributed by atoms with E-state index in [4.69, 9.17) is 11.6 Å². The van der Waals surface area contributed by atoms with E-state index in [2.05, 4.69) is 15.3 Å². The first kappa shape index (κ1) is 26.9. The van der Waals surface area contributed by atoms with Crippen molar-refractivity contribution in [1.29, 1.82) is 0 Å². The fourth-order valence-electron chi connectivity index (χ4n) is 3.25. The summed E-state index contributed by atoms with van der Waals surface area (Å²) < 4.78 is 39.4. The number of carbonyl (C=O) groups excluding carboxylic acids is 2. The van der Waals surface area contributed by atoms with Gasteiger partial charge in [0.2, 0.25) is 5.91 Å². The van der Waals surface area contributed by atoms with Crippen LogP contribution >= 0.6 is 11.6 Å². The summed E-state index contributed by atoms with van der Waals surface area (Å²) in [5.74, 6) is -1.35. The van der Waals surface area contributed by atoms with Crippen molar-refractivity contribution in [2.45, 2.75) is 26.6 Å². The molecule has 1 heterocycles. The minimum Gasteiger partial charge on any atom is -0.351 e. The Morgan fingerprint density at radius 1 is 1.06 bits per heavy atom. The average molecular weight is 521 g/mol. The number of hydrogen-bond donors (Lipinski definition) is 2. The van der Waals surface area contributed by atoms with Gasteiger partial charge in [0.1, 0.15) is 11.2 Å². The lowest BCUT2D eigenvalue weighted by Gasteiger charge is -2.26. The Morgan fingerprint density at radius 2 is 1.72 bits per heavy atom. The van der Waals surface area contributed by atoms with Gasteiger partial charge in [-0.05, 0) is 37.6 Å². The molecule has 0 aliphatic rings. The molecular weight excluding hydrogens is 497 g/mol. The summed E-state index contributed by atoms with van der Waals surface area (Å²) >= 11 is 6.34. The van der Waals surface area contributed by atoms with E-state index in [0.717, 1.165) is 13.8 Å². The molecule has 0 spiro atoms. The van der Waals surface area contributed by atoms with Crippen molar-refractivity contribution in [1.82, 2.24) is 20.2 Å². The highest BCUT2D eigenvalue weighted by Gasteiger charge is 2.52. The first-order valence-corrected chi connectivity index (χ1v) is 11.2. The number of nitrogens with one attached hydrogen (secondary N) is 2. The number of halogens is 4. The molecule has 2 N–H and O–H groups in total. The zero-order chi connectivity index (χ0) is 26.8. The highest BCUT2D eigenvalue weighted by molar-refractivity contribution is 6.33. The van der Waals surface area contributed by atoms with Gasteiger partial charge in [0.05, 0.1) is 10.7 Å². The lowest BCUT2D eigenvalue weighted by molar-refractivity contribution is -0.211. The molecule has 0 aliphatic carbocycles. The van der Waals surface area contributed by atoms with E-state index in [9.17, 15) is 27.6 Å². The number of amides is 2. The van der Waals surface area contributed by atoms with Crippen molar-refractivity contribution >= 4 is 23.4 Å². The van der Waals surface area contributed by atoms with Crippen LogP contribution in [-0.4, -0.2) is 47.0 Å². The van der Waals surface area contributed by atoms with Crippen LogP contribution < -0.4 is 10.9 Å². The third-order valence-electron chi connectivity index (χ3n) is 5.60. The van der Waals surface area contributed by atoms with Gasteiger partial charge in [-0.1, -0.05) is 35.9 Å². The van der Waals surface area contributed by atoms with Crippen molar-refractivity contribution < 1.29 is 22.8 Å². The smallest absolute Gasteiger partial charge is 0.351 e. The number of carbonyl (C=O) groups is 2. The predicted octanol–water partition coefficient (Wildman–Crippen LogP) is 4.66. The molecule has 2 amide bonds. The van der Waals surface area contributed by atoms with Crippen LogP contribution in [0.2, 0.25) is 5.02 Å². The SMILES string of the molecule is CN(C)C(=O)c1ccccc1-c1cc(=O)[nH]c(-c2cc(CNC(=O)C(C)(C)C(F)(F)F)ccc2Cl)n1. The first-order chi connectivity index (χ1) is 16.7. The molecule has 3 rings (SSSR count). The minimum atomic E-state index is -4.71. The highest BCUT2D eigenvalue weighted by atomic mass is 35.5. The van der Waals surface area contributed by atoms with Crippen molar-refractivity contribution in [3.63, 3.8) is 0 Å². The van der Waals surface area contributed by atoms with E-state index in [0.29, 0.717) is 22.3 Å². The molecule has 0 saturated carbocycles. The van der Waals surface area contributed by atoms with Crippen LogP contribution in [0.3, 0.4) is 0 Å². The van der Waals surface area contributed by atoms with Crippen LogP contribution in [0.1, 0.15) is 29.8 Å². The minimum absolute atomic E-state index is 0.0957. The molecule has 0 unspecified atom stereocenters. The second-order valence-electron chi connectivity index (χ2n) is 8.84. The number of hydrogen-bond acceptors (Lipinski definition) is 4. The van der Waals surface area contributed by atoms with Gasteiger partial charge < -0.3 is 15.2 Å². The highest BCUT2D eigenvalue weighted by Crippen LogP contribution is 2.37. The fourth-order valence-corrected chi connectivity index (χ4v) is 3.46. The van der Waals surface area contributed by atoms with Crippen LogP contribution in [0.5, 0.6) is 0 Å². The summed E-state index contributed by atoms with van der Waals surface area (Å²) in [7, 11) is 3.21. The van der Waals surface area contributed by atoms with Crippen molar-refractivity contribution in [3.8, 4) is 22.6 Å². The third-order valence-corrected chi connectivity index (χ3v) is 5.93. The topological polar surface area (TPSA) is 95.2 Å². The van der Waals surface area contributed by atoms with Gasteiger partial charge in [0.15, 0.2) is 0 Å². The van der Waals surface area contributed by atoms with E-state index in [1.165, 1.54) is 23.1 Å². The van der Waals surface area contributed by atoms with Gasteiger partial charge >= 0.3 is 6.18 Å². The Balaban J connectivity index is 1.98. The van der Waals surface area contributed by atoms with Gasteiger partial charge in [0, 0.05) is 43.4 Å². The van der Waals surface area contributed by atoms with Gasteiger partial charge in [-0.2, -0.15) is 13.2 Å². The van der Waals surface area contributed by atoms with Crippen molar-refractivity contribution in [2.24, 2.45) is 5.41 Å². The molecular formula is C25H24ClF3N4O3. The van der Waals surface area contributed by atoms with Crippen molar-refractivity contribution in [3.05, 3.63) is 75.0 Å². The average Bonchev–Trinajstić information content (AvgIpc) is 2.81. The molecule has 0 saturated heterocycles. The molecule has 1 aromatic heterocycles. The van der Waals surface area contributed by atoms with E-state index in [1.807, 2.05) is 0 Å². The van der Waals surface area contributed by atoms with Gasteiger partial charge in [-0.15, -0.1) is 0 Å². The second kappa shape index (κ2) is 10.1. The number of alkyl halides is 3. The zero-order valence-corrected chi connectivity index (χ0v) is 20.7. The Hall–Kier alpha value is -3.66. The summed E-state index contributed by atoms with van der Waals surface area (Å²) in [4.78, 5) is 45.8. The van der Waals surface area contributed by atoms with Crippen LogP contribution in [0, 0.1) is 5.41 Å².